The van der Waals surface area contributed by atoms with Gasteiger partial charge in [0.15, 0.2) is 0 Å². The van der Waals surface area contributed by atoms with Gasteiger partial charge in [-0.3, -0.25) is 9.59 Å². The molecule has 0 aliphatic carbocycles. The van der Waals surface area contributed by atoms with Crippen molar-refractivity contribution < 1.29 is 4.79 Å². The molecule has 0 aliphatic heterocycles. The van der Waals surface area contributed by atoms with Gasteiger partial charge in [0.25, 0.3) is 5.56 Å². The number of halogens is 1. The number of nitrogens with one attached hydrogen (secondary N) is 1. The van der Waals surface area contributed by atoms with Gasteiger partial charge in [0.2, 0.25) is 5.91 Å². The zero-order chi connectivity index (χ0) is 16.9. The quantitative estimate of drug-likeness (QED) is 0.729. The standard InChI is InChI=1S/C17H15BrN4O2/c18-14-6-7-17(24)21(11-14)12-16(23)19-8-13-9-20-22(10-13)15-4-2-1-3-5-15/h1-7,9-11H,8,12H2,(H,19,23). The van der Waals surface area contributed by atoms with Crippen molar-refractivity contribution in [1.82, 2.24) is 19.7 Å². The monoisotopic (exact) mass is 386 g/mol. The van der Waals surface area contributed by atoms with Gasteiger partial charge in [-0.05, 0) is 34.1 Å². The molecule has 3 aromatic rings. The van der Waals surface area contributed by atoms with Crippen LogP contribution in [0.25, 0.3) is 5.69 Å². The summed E-state index contributed by atoms with van der Waals surface area (Å²) in [5.74, 6) is -0.234. The fourth-order valence-corrected chi connectivity index (χ4v) is 2.59. The number of para-hydroxylation sites is 1. The van der Waals surface area contributed by atoms with Gasteiger partial charge >= 0.3 is 0 Å². The summed E-state index contributed by atoms with van der Waals surface area (Å²) in [6, 6.07) is 12.8. The fraction of sp³-hybridized carbons (Fsp3) is 0.118. The number of hydrogen-bond donors (Lipinski definition) is 1. The summed E-state index contributed by atoms with van der Waals surface area (Å²) < 4.78 is 3.85. The van der Waals surface area contributed by atoms with Gasteiger partial charge in [-0.2, -0.15) is 5.10 Å². The van der Waals surface area contributed by atoms with Gasteiger partial charge < -0.3 is 9.88 Å². The van der Waals surface area contributed by atoms with Crippen molar-refractivity contribution in [3.05, 3.63) is 81.4 Å². The summed E-state index contributed by atoms with van der Waals surface area (Å²) in [6.45, 7) is 0.333. The second-order valence-corrected chi connectivity index (χ2v) is 6.13. The van der Waals surface area contributed by atoms with E-state index in [-0.39, 0.29) is 18.0 Å². The molecule has 0 spiro atoms. The maximum absolute atomic E-state index is 12.0. The average Bonchev–Trinajstić information content (AvgIpc) is 3.06. The Kier molecular flexibility index (Phi) is 4.90. The fourth-order valence-electron chi connectivity index (χ4n) is 2.21. The SMILES string of the molecule is O=C(Cn1cc(Br)ccc1=O)NCc1cnn(-c2ccccc2)c1. The normalized spacial score (nSPS) is 10.5. The van der Waals surface area contributed by atoms with E-state index in [1.807, 2.05) is 36.5 Å². The zero-order valence-electron chi connectivity index (χ0n) is 12.7. The van der Waals surface area contributed by atoms with Crippen molar-refractivity contribution in [2.45, 2.75) is 13.1 Å². The van der Waals surface area contributed by atoms with Crippen LogP contribution >= 0.6 is 15.9 Å². The molecule has 0 radical (unpaired) electrons. The molecule has 0 fully saturated rings. The van der Waals surface area contributed by atoms with Crippen LogP contribution in [0.3, 0.4) is 0 Å². The minimum Gasteiger partial charge on any atom is -0.350 e. The lowest BCUT2D eigenvalue weighted by atomic mass is 10.3. The molecule has 2 heterocycles. The van der Waals surface area contributed by atoms with Crippen molar-refractivity contribution in [3.63, 3.8) is 0 Å². The van der Waals surface area contributed by atoms with Gasteiger partial charge in [0.05, 0.1) is 11.9 Å². The number of carbonyl (C=O) groups is 1. The predicted octanol–water partition coefficient (Wildman–Crippen LogP) is 2.11. The molecule has 0 saturated heterocycles. The first-order valence-corrected chi connectivity index (χ1v) is 8.13. The predicted molar refractivity (Wildman–Crippen MR) is 93.8 cm³/mol. The Hall–Kier alpha value is -2.67. The van der Waals surface area contributed by atoms with Crippen molar-refractivity contribution >= 4 is 21.8 Å². The van der Waals surface area contributed by atoms with Gasteiger partial charge in [-0.25, -0.2) is 4.68 Å². The molecule has 0 aliphatic rings. The summed E-state index contributed by atoms with van der Waals surface area (Å²) in [5.41, 5.74) is 1.62. The van der Waals surface area contributed by atoms with Crippen molar-refractivity contribution in [2.75, 3.05) is 0 Å². The number of rotatable bonds is 5. The van der Waals surface area contributed by atoms with E-state index >= 15 is 0 Å². The minimum absolute atomic E-state index is 0.0227. The molecule has 7 heteroatoms. The lowest BCUT2D eigenvalue weighted by molar-refractivity contribution is -0.121. The summed E-state index contributed by atoms with van der Waals surface area (Å²) in [5, 5.41) is 7.07. The third kappa shape index (κ3) is 3.99. The summed E-state index contributed by atoms with van der Waals surface area (Å²) >= 11 is 3.28. The van der Waals surface area contributed by atoms with Crippen LogP contribution in [0.5, 0.6) is 0 Å². The third-order valence-electron chi connectivity index (χ3n) is 3.41. The summed E-state index contributed by atoms with van der Waals surface area (Å²) in [4.78, 5) is 23.7. The Morgan fingerprint density at radius 1 is 1.12 bits per heavy atom. The first-order valence-electron chi connectivity index (χ1n) is 7.33. The summed E-state index contributed by atoms with van der Waals surface area (Å²) in [7, 11) is 0. The van der Waals surface area contributed by atoms with Gasteiger partial charge in [0, 0.05) is 35.0 Å². The highest BCUT2D eigenvalue weighted by Crippen LogP contribution is 2.07. The van der Waals surface area contributed by atoms with E-state index in [2.05, 4.69) is 26.3 Å². The van der Waals surface area contributed by atoms with E-state index in [1.165, 1.54) is 10.6 Å². The van der Waals surface area contributed by atoms with Crippen LogP contribution < -0.4 is 10.9 Å². The van der Waals surface area contributed by atoms with Crippen LogP contribution in [0.4, 0.5) is 0 Å². The molecule has 0 saturated carbocycles. The highest BCUT2D eigenvalue weighted by atomic mass is 79.9. The number of amides is 1. The molecule has 1 aromatic carbocycles. The van der Waals surface area contributed by atoms with Gasteiger partial charge in [0.1, 0.15) is 6.54 Å². The Bertz CT molecular complexity index is 902. The van der Waals surface area contributed by atoms with E-state index in [9.17, 15) is 9.59 Å². The van der Waals surface area contributed by atoms with E-state index in [4.69, 9.17) is 0 Å². The molecule has 0 bridgehead atoms. The molecule has 1 amide bonds. The van der Waals surface area contributed by atoms with Crippen molar-refractivity contribution in [3.8, 4) is 5.69 Å². The minimum atomic E-state index is -0.234. The Balaban J connectivity index is 1.60. The van der Waals surface area contributed by atoms with Crippen molar-refractivity contribution in [2.24, 2.45) is 0 Å². The average molecular weight is 387 g/mol. The Morgan fingerprint density at radius 3 is 2.71 bits per heavy atom. The first kappa shape index (κ1) is 16.2. The van der Waals surface area contributed by atoms with Crippen LogP contribution in [0.1, 0.15) is 5.56 Å². The van der Waals surface area contributed by atoms with Gasteiger partial charge in [-0.1, -0.05) is 18.2 Å². The van der Waals surface area contributed by atoms with Crippen LogP contribution in [-0.4, -0.2) is 20.3 Å². The number of hydrogen-bond acceptors (Lipinski definition) is 3. The van der Waals surface area contributed by atoms with Crippen LogP contribution in [-0.2, 0) is 17.9 Å². The van der Waals surface area contributed by atoms with Crippen LogP contribution in [0.15, 0.2) is 70.3 Å². The van der Waals surface area contributed by atoms with Crippen molar-refractivity contribution in [1.29, 1.82) is 0 Å². The van der Waals surface area contributed by atoms with E-state index < -0.39 is 0 Å². The highest BCUT2D eigenvalue weighted by molar-refractivity contribution is 9.10. The smallest absolute Gasteiger partial charge is 0.251 e. The number of pyridine rings is 1. The number of nitrogens with zero attached hydrogens (tertiary/aromatic N) is 3. The third-order valence-corrected chi connectivity index (χ3v) is 3.88. The van der Waals surface area contributed by atoms with Gasteiger partial charge in [-0.15, -0.1) is 0 Å². The number of carbonyl (C=O) groups excluding carboxylic acids is 1. The lowest BCUT2D eigenvalue weighted by Gasteiger charge is -2.06. The maximum atomic E-state index is 12.0. The molecule has 2 aromatic heterocycles. The Morgan fingerprint density at radius 2 is 1.92 bits per heavy atom. The number of benzene rings is 1. The highest BCUT2D eigenvalue weighted by Gasteiger charge is 2.06. The van der Waals surface area contributed by atoms with E-state index in [0.29, 0.717) is 6.54 Å². The molecule has 1 N–H and O–H groups in total. The Labute approximate surface area is 146 Å². The molecule has 122 valence electrons. The molecular formula is C17H15BrN4O2. The number of aromatic nitrogens is 3. The van der Waals surface area contributed by atoms with Crippen LogP contribution in [0, 0.1) is 0 Å². The molecule has 0 atom stereocenters. The topological polar surface area (TPSA) is 68.9 Å². The molecule has 0 unspecified atom stereocenters. The summed E-state index contributed by atoms with van der Waals surface area (Å²) in [6.07, 6.45) is 5.16. The van der Waals surface area contributed by atoms with E-state index in [1.54, 1.807) is 23.1 Å². The zero-order valence-corrected chi connectivity index (χ0v) is 14.3. The van der Waals surface area contributed by atoms with E-state index in [0.717, 1.165) is 15.7 Å². The molecular weight excluding hydrogens is 372 g/mol. The molecule has 3 rings (SSSR count). The molecule has 6 nitrogen and oxygen atoms in total. The second kappa shape index (κ2) is 7.27. The maximum Gasteiger partial charge on any atom is 0.251 e. The molecule has 24 heavy (non-hydrogen) atoms. The largest absolute Gasteiger partial charge is 0.350 e. The lowest BCUT2D eigenvalue weighted by Crippen LogP contribution is -2.31. The second-order valence-electron chi connectivity index (χ2n) is 5.22. The van der Waals surface area contributed by atoms with Crippen LogP contribution in [0.2, 0.25) is 0 Å². The first-order chi connectivity index (χ1) is 11.6.